The second kappa shape index (κ2) is 43.4. The number of ether oxygens (including phenoxy) is 7. The summed E-state index contributed by atoms with van der Waals surface area (Å²) in [6.07, 6.45) is -0.126. The molecule has 49 heteroatoms. The topological polar surface area (TPSA) is 643 Å². The summed E-state index contributed by atoms with van der Waals surface area (Å²) >= 11 is 0. The number of nitrogen functional groups attached to an aromatic ring is 1. The van der Waals surface area contributed by atoms with Crippen molar-refractivity contribution in [2.45, 2.75) is 114 Å². The van der Waals surface area contributed by atoms with Gasteiger partial charge in [0.2, 0.25) is 5.91 Å². The quantitative estimate of drug-likeness (QED) is 0.0131. The number of aromatic nitrogens is 6. The molecule has 6 heterocycles. The van der Waals surface area contributed by atoms with E-state index in [0.717, 1.165) is 32.1 Å². The number of carboxylic acid groups (broad SMARTS) is 1. The van der Waals surface area contributed by atoms with Gasteiger partial charge >= 0.3 is 23.0 Å². The zero-order chi connectivity index (χ0) is 86.5. The van der Waals surface area contributed by atoms with E-state index in [4.69, 9.17) is 75.1 Å². The molecule has 3 fully saturated rings. The van der Waals surface area contributed by atoms with E-state index in [0.29, 0.717) is 60.0 Å². The van der Waals surface area contributed by atoms with Gasteiger partial charge in [-0.1, -0.05) is 25.0 Å². The molecule has 120 heavy (non-hydrogen) atoms. The van der Waals surface area contributed by atoms with Gasteiger partial charge in [-0.05, 0) is 114 Å². The number of phenols is 1. The number of allylic oxidation sites excluding steroid dienone is 5. The van der Waals surface area contributed by atoms with Gasteiger partial charge in [-0.2, -0.15) is 4.98 Å². The number of nitrogens with one attached hydrogen (secondary N) is 4. The first-order chi connectivity index (χ1) is 57.1. The van der Waals surface area contributed by atoms with Crippen LogP contribution in [0.1, 0.15) is 112 Å². The number of nitrogens with zero attached hydrogens (tertiary/aromatic N) is 4. The molecule has 5 aromatic rings. The summed E-state index contributed by atoms with van der Waals surface area (Å²) in [5.41, 5.74) is 4.47. The lowest BCUT2D eigenvalue weighted by Crippen LogP contribution is -2.33. The van der Waals surface area contributed by atoms with Gasteiger partial charge in [-0.3, -0.25) is 65.9 Å². The third-order valence-electron chi connectivity index (χ3n) is 18.6. The van der Waals surface area contributed by atoms with Gasteiger partial charge in [0.1, 0.15) is 48.6 Å². The molecule has 3 aromatic heterocycles. The number of carbonyl (C=O) groups is 4. The maximum Gasteiger partial charge on any atom is 0.351 e. The number of aromatic hydroxyl groups is 1. The molecule has 0 spiro atoms. The molecule has 7 unspecified atom stereocenters. The van der Waals surface area contributed by atoms with Gasteiger partial charge in [-0.25, -0.2) is 19.2 Å². The highest BCUT2D eigenvalue weighted by Crippen LogP contribution is 2.49. The van der Waals surface area contributed by atoms with Gasteiger partial charge in [-0.15, -0.1) is 0 Å². The molecule has 13 atom stereocenters. The fourth-order valence-electron chi connectivity index (χ4n) is 12.9. The molecule has 5 aliphatic rings. The van der Waals surface area contributed by atoms with Gasteiger partial charge in [0.25, 0.3) is 48.3 Å². The van der Waals surface area contributed by atoms with Crippen LogP contribution in [-0.4, -0.2) is 221 Å². The number of phosphoric ester groups is 4. The number of aliphatic hydroxyl groups excluding tert-OH is 2. The third kappa shape index (κ3) is 27.2. The second-order valence-corrected chi connectivity index (χ2v) is 32.7. The lowest BCUT2D eigenvalue weighted by molar-refractivity contribution is -0.236. The van der Waals surface area contributed by atoms with Crippen LogP contribution in [0.15, 0.2) is 120 Å². The van der Waals surface area contributed by atoms with E-state index in [1.165, 1.54) is 61.8 Å². The van der Waals surface area contributed by atoms with E-state index in [-0.39, 0.29) is 117 Å². The maximum atomic E-state index is 13.5. The summed E-state index contributed by atoms with van der Waals surface area (Å²) < 4.78 is 132. The first kappa shape index (κ1) is 93.7. The van der Waals surface area contributed by atoms with Gasteiger partial charge < -0.3 is 126 Å². The smallest absolute Gasteiger partial charge is 0.351 e. The molecule has 45 nitrogen and oxygen atoms in total. The van der Waals surface area contributed by atoms with E-state index < -0.39 is 192 Å². The molecular weight excluding hydrogens is 1680 g/mol. The number of amides is 2. The zero-order valence-electron chi connectivity index (χ0n) is 64.0. The Hall–Kier alpha value is -8.60. The lowest BCUT2D eigenvalue weighted by atomic mass is 9.76. The molecule has 656 valence electrons. The average Bonchev–Trinajstić information content (AvgIpc) is 0.862. The summed E-state index contributed by atoms with van der Waals surface area (Å²) in [5.74, 6) is -2.68. The number of unbranched alkanes of at least 4 members (excludes halogenated alkanes) is 3. The van der Waals surface area contributed by atoms with Crippen LogP contribution in [0.2, 0.25) is 0 Å². The molecule has 0 bridgehead atoms. The van der Waals surface area contributed by atoms with E-state index >= 15 is 0 Å². The van der Waals surface area contributed by atoms with E-state index in [1.807, 2.05) is 0 Å². The second-order valence-electron chi connectivity index (χ2n) is 27.1. The highest BCUT2D eigenvalue weighted by molar-refractivity contribution is 7.46. The van der Waals surface area contributed by atoms with Crippen LogP contribution in [0.25, 0.3) is 11.6 Å². The Bertz CT molecular complexity index is 5140. The number of phenolic OH excluding ortho intramolecular Hbond substituents is 1. The number of aromatic amines is 2. The standard InChI is InChI=1S/C71H91N9O36P4/c1-42-37-79(70(92)76-65(42)86)62-35-54(56(39-81)112-62)115-119(98,99)108-28-24-104-20-19-103-23-27-107-118(96,97)111-41-58-55(116-120(100,101)109-29-25-105-21-18-102-22-26-106-117(94,95)110-40-57-53(84)34-61(113-57)78-17-14-59(72)75-69(78)91)36-63(114-58)80-38-44(67(88)77-71(80)93)7-13-60(85)73-15-4-2-3-5-16-74-66(87)43-6-10-51(68(89)90)52(33-43)64-49-11-8-47(82)31-45(49)30-46-32-48(83)9-12-50(46)64/h6-14,17,31-33,37-38,53-58,61-63,81-82,84H,2-5,15-16,18-30,34-36,39-41H2,1H3,(H,73,85)(H,74,87)(H,89,90)(H,94,95)(H,96,97)(H,98,99)(H,100,101)(H2,72,75,91)(H,76,86,92)(H,77,88,93)/p-4/b13-7+/t53?,54?,55?,56-,57-,58-,61-,62-,63-/m1/s1. The van der Waals surface area contributed by atoms with Crippen LogP contribution in [0.4, 0.5) is 5.82 Å². The lowest BCUT2D eigenvalue weighted by Gasteiger charge is -2.29. The van der Waals surface area contributed by atoms with Crippen molar-refractivity contribution in [1.29, 1.82) is 0 Å². The zero-order valence-corrected chi connectivity index (χ0v) is 67.6. The van der Waals surface area contributed by atoms with Crippen molar-refractivity contribution in [2.24, 2.45) is 0 Å². The number of carboxylic acids is 1. The van der Waals surface area contributed by atoms with Crippen LogP contribution in [-0.2, 0) is 104 Å². The van der Waals surface area contributed by atoms with Crippen LogP contribution >= 0.6 is 31.3 Å². The SMILES string of the molecule is Cc1cn([C@H]2CC(OP(=O)([O-])OCCOCCOCCOP(=O)([O-])OC[C@H]3O[C@@H](n4cc(/C=C/C(=O)NCCCCCCNC(=O)c5ccc(C(=O)O)c(C6=C7C=CC(=O)C=C7Cc7cc(O)ccc76)c5)c(=O)[nH]c4=O)CC3OP(=O)([O-])OCCOCCOCCOP(=O)([O-])OC[C@H]3O[C@@H](n4ccc(N)nc4=O)CC3O)[C@@H](CO)O2)c(=O)[nH]c1=O. The normalized spacial score (nSPS) is 22.3. The first-order valence-corrected chi connectivity index (χ1v) is 43.2. The number of hydrogen-bond acceptors (Lipinski definition) is 37. The van der Waals surface area contributed by atoms with E-state index in [1.54, 1.807) is 18.2 Å². The maximum absolute atomic E-state index is 13.5. The predicted octanol–water partition coefficient (Wildman–Crippen LogP) is -0.793. The number of aryl methyl sites for hydroxylation is 1. The molecular formula is C71H87N9O36P4-4. The highest BCUT2D eigenvalue weighted by Gasteiger charge is 2.43. The monoisotopic (exact) mass is 1770 g/mol. The Balaban J connectivity index is 0.657. The number of hydrogen-bond donors (Lipinski definition) is 9. The largest absolute Gasteiger partial charge is 0.756 e. The van der Waals surface area contributed by atoms with Gasteiger partial charge in [0.05, 0.1) is 129 Å². The summed E-state index contributed by atoms with van der Waals surface area (Å²) in [7, 11) is -20.7. The number of carbonyl (C=O) groups excluding carboxylic acids is 3. The van der Waals surface area contributed by atoms with Crippen molar-refractivity contribution < 1.29 is 147 Å². The van der Waals surface area contributed by atoms with Crippen LogP contribution in [0.5, 0.6) is 5.75 Å². The van der Waals surface area contributed by atoms with Crippen LogP contribution in [0.3, 0.4) is 0 Å². The summed E-state index contributed by atoms with van der Waals surface area (Å²) in [6, 6.07) is 10.2. The molecule has 0 saturated carbocycles. The van der Waals surface area contributed by atoms with Gasteiger partial charge in [0.15, 0.2) is 5.78 Å². The number of benzene rings is 2. The van der Waals surface area contributed by atoms with Crippen LogP contribution in [0, 0.1) is 6.92 Å². The number of aromatic carboxylic acids is 1. The summed E-state index contributed by atoms with van der Waals surface area (Å²) in [6.45, 7) is -5.01. The Morgan fingerprint density at radius 2 is 1.16 bits per heavy atom. The number of ketones is 1. The van der Waals surface area contributed by atoms with Crippen molar-refractivity contribution in [2.75, 3.05) is 118 Å². The molecule has 3 saturated heterocycles. The summed E-state index contributed by atoms with van der Waals surface area (Å²) in [4.78, 5) is 173. The van der Waals surface area contributed by atoms with Crippen molar-refractivity contribution in [3.05, 3.63) is 188 Å². The van der Waals surface area contributed by atoms with Crippen molar-refractivity contribution in [3.8, 4) is 5.75 Å². The Kier molecular flexibility index (Phi) is 33.9. The predicted molar refractivity (Wildman–Crippen MR) is 404 cm³/mol. The molecule has 0 radical (unpaired) electrons. The van der Waals surface area contributed by atoms with E-state index in [9.17, 15) is 101 Å². The fraction of sp³-hybridized carbons (Fsp3) is 0.493. The average molecular weight is 1770 g/mol. The molecule has 10 N–H and O–H groups in total. The Morgan fingerprint density at radius 3 is 1.75 bits per heavy atom. The van der Waals surface area contributed by atoms with Crippen molar-refractivity contribution in [3.63, 3.8) is 0 Å². The summed E-state index contributed by atoms with van der Waals surface area (Å²) in [5, 5.41) is 46.2. The highest BCUT2D eigenvalue weighted by atomic mass is 31.2. The molecule has 2 amide bonds. The number of rotatable bonds is 48. The van der Waals surface area contributed by atoms with Crippen molar-refractivity contribution >= 4 is 72.3 Å². The fourth-order valence-corrected chi connectivity index (χ4v) is 16.1. The number of nitrogens with two attached hydrogens (primary N) is 1. The Morgan fingerprint density at radius 1 is 0.625 bits per heavy atom. The number of phosphoric acid groups is 4. The minimum Gasteiger partial charge on any atom is -0.756 e. The van der Waals surface area contributed by atoms with Crippen molar-refractivity contribution in [1.82, 2.24) is 39.3 Å². The first-order valence-electron chi connectivity index (χ1n) is 37.3. The minimum atomic E-state index is -5.40. The molecule has 3 aliphatic heterocycles. The number of aliphatic hydroxyl groups is 2. The molecule has 2 aromatic carbocycles. The molecule has 2 aliphatic carbocycles. The number of fused-ring (bicyclic) bond motifs is 2. The van der Waals surface area contributed by atoms with E-state index in [2.05, 4.69) is 25.6 Å². The van der Waals surface area contributed by atoms with Crippen LogP contribution < -0.4 is 64.1 Å². The number of anilines is 1. The third-order valence-corrected chi connectivity index (χ3v) is 22.6. The number of H-pyrrole nitrogens is 2. The van der Waals surface area contributed by atoms with Gasteiger partial charge in [0, 0.05) is 68.1 Å². The Labute approximate surface area is 680 Å². The molecule has 10 rings (SSSR count). The minimum absolute atomic E-state index is 0.0153.